The van der Waals surface area contributed by atoms with Crippen LogP contribution in [0.4, 0.5) is 0 Å². The zero-order valence-corrected chi connectivity index (χ0v) is 17.5. The molecule has 0 aliphatic heterocycles. The molecule has 1 amide bonds. The molecule has 0 fully saturated rings. The third-order valence-electron chi connectivity index (χ3n) is 5.15. The Morgan fingerprint density at radius 2 is 1.60 bits per heavy atom. The first kappa shape index (κ1) is 20.2. The van der Waals surface area contributed by atoms with E-state index < -0.39 is 0 Å². The molecule has 0 atom stereocenters. The summed E-state index contributed by atoms with van der Waals surface area (Å²) < 4.78 is 2.27. The van der Waals surface area contributed by atoms with Gasteiger partial charge in [-0.25, -0.2) is 4.98 Å². The number of carbonyl (C=O) groups is 1. The molecule has 0 radical (unpaired) electrons. The number of hydrogen-bond acceptors (Lipinski definition) is 2. The highest BCUT2D eigenvalue weighted by Gasteiger charge is 2.11. The minimum atomic E-state index is 0.00395. The van der Waals surface area contributed by atoms with Crippen LogP contribution in [0.25, 0.3) is 11.0 Å². The summed E-state index contributed by atoms with van der Waals surface area (Å²) >= 11 is 5.90. The second-order valence-electron chi connectivity index (χ2n) is 7.31. The van der Waals surface area contributed by atoms with E-state index >= 15 is 0 Å². The van der Waals surface area contributed by atoms with Crippen molar-refractivity contribution in [2.75, 3.05) is 6.54 Å². The monoisotopic (exact) mass is 417 g/mol. The van der Waals surface area contributed by atoms with Crippen LogP contribution in [0.2, 0.25) is 5.02 Å². The molecule has 4 nitrogen and oxygen atoms in total. The Bertz CT molecular complexity index is 1120. The number of aromatic nitrogens is 2. The summed E-state index contributed by atoms with van der Waals surface area (Å²) in [6, 6.07) is 26.0. The van der Waals surface area contributed by atoms with E-state index in [0.29, 0.717) is 24.4 Å². The number of benzene rings is 3. The zero-order chi connectivity index (χ0) is 20.8. The quantitative estimate of drug-likeness (QED) is 0.446. The van der Waals surface area contributed by atoms with E-state index in [1.54, 1.807) is 12.1 Å². The number of nitrogens with zero attached hydrogens (tertiary/aromatic N) is 2. The number of carbonyl (C=O) groups excluding carboxylic acids is 1. The summed E-state index contributed by atoms with van der Waals surface area (Å²) in [6.45, 7) is 1.42. The maximum absolute atomic E-state index is 12.3. The molecule has 5 heteroatoms. The molecule has 1 aromatic heterocycles. The molecule has 4 rings (SSSR count). The third kappa shape index (κ3) is 5.08. The van der Waals surface area contributed by atoms with Crippen LogP contribution in [-0.4, -0.2) is 22.0 Å². The molecule has 1 N–H and O–H groups in total. The number of fused-ring (bicyclic) bond motifs is 1. The Hall–Kier alpha value is -3.11. The number of hydrogen-bond donors (Lipinski definition) is 1. The van der Waals surface area contributed by atoms with E-state index in [1.165, 1.54) is 5.56 Å². The van der Waals surface area contributed by atoms with Crippen molar-refractivity contribution in [1.29, 1.82) is 0 Å². The summed E-state index contributed by atoms with van der Waals surface area (Å²) in [6.07, 6.45) is 1.98. The van der Waals surface area contributed by atoms with Crippen LogP contribution < -0.4 is 5.32 Å². The van der Waals surface area contributed by atoms with Crippen LogP contribution >= 0.6 is 11.6 Å². The first-order valence-corrected chi connectivity index (χ1v) is 10.6. The number of nitrogens with one attached hydrogen (secondary N) is 1. The average Bonchev–Trinajstić information content (AvgIpc) is 3.12. The summed E-state index contributed by atoms with van der Waals surface area (Å²) in [5, 5.41) is 3.69. The number of halogens is 1. The van der Waals surface area contributed by atoms with Gasteiger partial charge in [-0.3, -0.25) is 4.79 Å². The smallest absolute Gasteiger partial charge is 0.224 e. The molecule has 0 bridgehead atoms. The Balaban J connectivity index is 1.40. The number of para-hydroxylation sites is 2. The normalized spacial score (nSPS) is 11.0. The predicted molar refractivity (Wildman–Crippen MR) is 122 cm³/mol. The van der Waals surface area contributed by atoms with Crippen molar-refractivity contribution in [3.63, 3.8) is 0 Å². The largest absolute Gasteiger partial charge is 0.355 e. The lowest BCUT2D eigenvalue weighted by Gasteiger charge is -2.10. The lowest BCUT2D eigenvalue weighted by molar-refractivity contribution is -0.120. The highest BCUT2D eigenvalue weighted by atomic mass is 35.5. The van der Waals surface area contributed by atoms with Gasteiger partial charge in [-0.15, -0.1) is 0 Å². The fourth-order valence-electron chi connectivity index (χ4n) is 3.62. The van der Waals surface area contributed by atoms with Gasteiger partial charge in [0.05, 0.1) is 17.5 Å². The first-order valence-electron chi connectivity index (χ1n) is 10.2. The molecule has 0 saturated carbocycles. The van der Waals surface area contributed by atoms with Crippen molar-refractivity contribution in [3.05, 3.63) is 101 Å². The van der Waals surface area contributed by atoms with Crippen molar-refractivity contribution >= 4 is 28.5 Å². The van der Waals surface area contributed by atoms with E-state index in [4.69, 9.17) is 16.6 Å². The molecule has 152 valence electrons. The SMILES string of the molecule is O=C(Cc1ccc(Cl)cc1)NCCc1nc2ccccc2n1CCc1ccccc1. The molecule has 30 heavy (non-hydrogen) atoms. The van der Waals surface area contributed by atoms with Crippen LogP contribution in [0.5, 0.6) is 0 Å². The van der Waals surface area contributed by atoms with Gasteiger partial charge >= 0.3 is 0 Å². The van der Waals surface area contributed by atoms with Gasteiger partial charge in [0.25, 0.3) is 0 Å². The molecule has 0 aliphatic rings. The van der Waals surface area contributed by atoms with Gasteiger partial charge in [-0.1, -0.05) is 66.2 Å². The highest BCUT2D eigenvalue weighted by Crippen LogP contribution is 2.17. The van der Waals surface area contributed by atoms with Gasteiger partial charge in [-0.2, -0.15) is 0 Å². The molecular formula is C25H24ClN3O. The van der Waals surface area contributed by atoms with Gasteiger partial charge in [-0.05, 0) is 41.8 Å². The topological polar surface area (TPSA) is 46.9 Å². The maximum atomic E-state index is 12.3. The molecule has 1 heterocycles. The van der Waals surface area contributed by atoms with E-state index in [0.717, 1.165) is 35.4 Å². The average molecular weight is 418 g/mol. The van der Waals surface area contributed by atoms with Crippen LogP contribution in [0.15, 0.2) is 78.9 Å². The highest BCUT2D eigenvalue weighted by molar-refractivity contribution is 6.30. The van der Waals surface area contributed by atoms with Crippen molar-refractivity contribution in [3.8, 4) is 0 Å². The molecular weight excluding hydrogens is 394 g/mol. The standard InChI is InChI=1S/C25H24ClN3O/c26-21-12-10-20(11-13-21)18-25(30)27-16-14-24-28-22-8-4-5-9-23(22)29(24)17-15-19-6-2-1-3-7-19/h1-13H,14-18H2,(H,27,30). The summed E-state index contributed by atoms with van der Waals surface area (Å²) in [5.74, 6) is 1.00. The summed E-state index contributed by atoms with van der Waals surface area (Å²) in [4.78, 5) is 17.1. The minimum Gasteiger partial charge on any atom is -0.355 e. The van der Waals surface area contributed by atoms with E-state index in [9.17, 15) is 4.79 Å². The van der Waals surface area contributed by atoms with Gasteiger partial charge in [0.15, 0.2) is 0 Å². The van der Waals surface area contributed by atoms with Gasteiger partial charge < -0.3 is 9.88 Å². The van der Waals surface area contributed by atoms with Crippen molar-refractivity contribution in [2.24, 2.45) is 0 Å². The predicted octanol–water partition coefficient (Wildman–Crippen LogP) is 4.83. The zero-order valence-electron chi connectivity index (χ0n) is 16.7. The summed E-state index contributed by atoms with van der Waals surface area (Å²) in [7, 11) is 0. The van der Waals surface area contributed by atoms with Crippen molar-refractivity contribution in [2.45, 2.75) is 25.8 Å². The van der Waals surface area contributed by atoms with Crippen molar-refractivity contribution < 1.29 is 4.79 Å². The molecule has 0 spiro atoms. The van der Waals surface area contributed by atoms with E-state index in [-0.39, 0.29) is 5.91 Å². The first-order chi connectivity index (χ1) is 14.7. The molecule has 0 saturated heterocycles. The Morgan fingerprint density at radius 3 is 2.40 bits per heavy atom. The molecule has 3 aromatic carbocycles. The number of aryl methyl sites for hydroxylation is 2. The Morgan fingerprint density at radius 1 is 0.867 bits per heavy atom. The molecule has 0 aliphatic carbocycles. The number of rotatable bonds is 8. The number of imidazole rings is 1. The fourth-order valence-corrected chi connectivity index (χ4v) is 3.74. The molecule has 4 aromatic rings. The molecule has 0 unspecified atom stereocenters. The Kier molecular flexibility index (Phi) is 6.45. The fraction of sp³-hybridized carbons (Fsp3) is 0.200. The Labute approximate surface area is 181 Å². The van der Waals surface area contributed by atoms with Gasteiger partial charge in [0.1, 0.15) is 5.82 Å². The second kappa shape index (κ2) is 9.59. The van der Waals surface area contributed by atoms with Crippen LogP contribution in [0.3, 0.4) is 0 Å². The minimum absolute atomic E-state index is 0.00395. The number of amides is 1. The maximum Gasteiger partial charge on any atom is 0.224 e. The van der Waals surface area contributed by atoms with Gasteiger partial charge in [0, 0.05) is 24.5 Å². The lowest BCUT2D eigenvalue weighted by atomic mass is 10.1. The van der Waals surface area contributed by atoms with Crippen molar-refractivity contribution in [1.82, 2.24) is 14.9 Å². The van der Waals surface area contributed by atoms with E-state index in [2.05, 4.69) is 40.2 Å². The van der Waals surface area contributed by atoms with Gasteiger partial charge in [0.2, 0.25) is 5.91 Å². The second-order valence-corrected chi connectivity index (χ2v) is 7.74. The third-order valence-corrected chi connectivity index (χ3v) is 5.40. The van der Waals surface area contributed by atoms with Crippen LogP contribution in [0.1, 0.15) is 17.0 Å². The summed E-state index contributed by atoms with van der Waals surface area (Å²) in [5.41, 5.74) is 4.38. The van der Waals surface area contributed by atoms with E-state index in [1.807, 2.05) is 36.4 Å². The van der Waals surface area contributed by atoms with Crippen LogP contribution in [0, 0.1) is 0 Å². The van der Waals surface area contributed by atoms with Crippen LogP contribution in [-0.2, 0) is 30.6 Å². The lowest BCUT2D eigenvalue weighted by Crippen LogP contribution is -2.28.